The highest BCUT2D eigenvalue weighted by Crippen LogP contribution is 2.09. The molecule has 1 heterocycles. The fourth-order valence-electron chi connectivity index (χ4n) is 1.11. The van der Waals surface area contributed by atoms with Gasteiger partial charge in [-0.05, 0) is 12.1 Å². The molecule has 0 aliphatic heterocycles. The Balaban J connectivity index is 1.99. The van der Waals surface area contributed by atoms with Crippen LogP contribution in [0.4, 0.5) is 5.95 Å². The van der Waals surface area contributed by atoms with Crippen molar-refractivity contribution in [1.82, 2.24) is 9.97 Å². The van der Waals surface area contributed by atoms with Crippen LogP contribution >= 0.6 is 0 Å². The van der Waals surface area contributed by atoms with Gasteiger partial charge in [0.05, 0.1) is 5.69 Å². The summed E-state index contributed by atoms with van der Waals surface area (Å²) in [7, 11) is 0. The summed E-state index contributed by atoms with van der Waals surface area (Å²) in [6, 6.07) is 12.1. The number of hydrogen-bond donors (Lipinski definition) is 1. The monoisotopic (exact) mass is 200 g/mol. The van der Waals surface area contributed by atoms with Crippen molar-refractivity contribution in [2.75, 3.05) is 5.73 Å². The lowest BCUT2D eigenvalue weighted by molar-refractivity contribution is 0.300. The van der Waals surface area contributed by atoms with Crippen LogP contribution in [-0.4, -0.2) is 9.97 Å². The van der Waals surface area contributed by atoms with Crippen molar-refractivity contribution in [2.45, 2.75) is 6.61 Å². The number of nitrogens with two attached hydrogens (primary N) is 1. The molecule has 0 saturated heterocycles. The van der Waals surface area contributed by atoms with Crippen molar-refractivity contribution >= 4 is 5.95 Å². The molecule has 0 unspecified atom stereocenters. The molecular weight excluding hydrogens is 190 g/mol. The van der Waals surface area contributed by atoms with Gasteiger partial charge in [-0.25, -0.2) is 9.97 Å². The van der Waals surface area contributed by atoms with Crippen LogP contribution in [0.5, 0.6) is 5.75 Å². The van der Waals surface area contributed by atoms with E-state index in [1.54, 1.807) is 18.3 Å². The van der Waals surface area contributed by atoms with Crippen molar-refractivity contribution in [3.63, 3.8) is 0 Å². The van der Waals surface area contributed by atoms with Gasteiger partial charge in [-0.2, -0.15) is 0 Å². The second-order valence-corrected chi connectivity index (χ2v) is 2.92. The number of nitrogens with zero attached hydrogens (tertiary/aromatic N) is 2. The van der Waals surface area contributed by atoms with E-state index in [-0.39, 0.29) is 5.95 Å². The van der Waals surface area contributed by atoms with E-state index in [0.717, 1.165) is 5.69 Å². The van der Waals surface area contributed by atoms with Gasteiger partial charge in [0.2, 0.25) is 5.95 Å². The first-order valence-corrected chi connectivity index (χ1v) is 4.51. The Morgan fingerprint density at radius 1 is 1.33 bits per heavy atom. The van der Waals surface area contributed by atoms with Crippen LogP contribution in [0.25, 0.3) is 0 Å². The number of ether oxygens (including phenoxy) is 1. The van der Waals surface area contributed by atoms with Crippen LogP contribution in [0.15, 0.2) is 36.5 Å². The first kappa shape index (κ1) is 9.45. The zero-order valence-corrected chi connectivity index (χ0v) is 8.05. The van der Waals surface area contributed by atoms with Crippen LogP contribution in [0.1, 0.15) is 5.69 Å². The molecule has 4 heteroatoms. The normalized spacial score (nSPS) is 9.87. The molecule has 0 atom stereocenters. The molecule has 15 heavy (non-hydrogen) atoms. The highest BCUT2D eigenvalue weighted by atomic mass is 16.5. The smallest absolute Gasteiger partial charge is 0.220 e. The van der Waals surface area contributed by atoms with Crippen molar-refractivity contribution in [1.29, 1.82) is 0 Å². The van der Waals surface area contributed by atoms with E-state index in [1.165, 1.54) is 0 Å². The Labute approximate surface area is 87.7 Å². The summed E-state index contributed by atoms with van der Waals surface area (Å²) in [5, 5.41) is 0. The molecule has 4 nitrogen and oxygen atoms in total. The summed E-state index contributed by atoms with van der Waals surface area (Å²) in [4.78, 5) is 7.81. The molecule has 2 aromatic rings. The molecular formula is C11H10N3O. The van der Waals surface area contributed by atoms with E-state index in [0.29, 0.717) is 12.4 Å². The second kappa shape index (κ2) is 4.41. The van der Waals surface area contributed by atoms with Crippen LogP contribution < -0.4 is 10.5 Å². The van der Waals surface area contributed by atoms with Crippen LogP contribution in [0, 0.1) is 6.07 Å². The molecule has 0 aliphatic carbocycles. The van der Waals surface area contributed by atoms with Gasteiger partial charge in [-0.15, -0.1) is 0 Å². The van der Waals surface area contributed by atoms with Crippen molar-refractivity contribution in [3.05, 3.63) is 48.3 Å². The van der Waals surface area contributed by atoms with Crippen molar-refractivity contribution in [3.8, 4) is 5.75 Å². The third kappa shape index (κ3) is 2.67. The van der Waals surface area contributed by atoms with E-state index in [9.17, 15) is 0 Å². The fourth-order valence-corrected chi connectivity index (χ4v) is 1.11. The molecule has 1 radical (unpaired) electrons. The Bertz CT molecular complexity index is 431. The maximum absolute atomic E-state index is 5.45. The number of nitrogen functional groups attached to an aromatic ring is 1. The summed E-state index contributed by atoms with van der Waals surface area (Å²) in [5.74, 6) is 0.947. The second-order valence-electron chi connectivity index (χ2n) is 2.92. The summed E-state index contributed by atoms with van der Waals surface area (Å²) in [6.45, 7) is 0.368. The van der Waals surface area contributed by atoms with Crippen molar-refractivity contribution < 1.29 is 4.74 Å². The zero-order valence-electron chi connectivity index (χ0n) is 8.05. The Kier molecular flexibility index (Phi) is 2.78. The zero-order chi connectivity index (χ0) is 10.5. The highest BCUT2D eigenvalue weighted by Gasteiger charge is 1.97. The molecule has 2 N–H and O–H groups in total. The number of benzene rings is 1. The van der Waals surface area contributed by atoms with Crippen LogP contribution in [0.3, 0.4) is 0 Å². The molecule has 0 saturated carbocycles. The van der Waals surface area contributed by atoms with Gasteiger partial charge in [0, 0.05) is 12.3 Å². The van der Waals surface area contributed by atoms with Gasteiger partial charge in [-0.3, -0.25) is 0 Å². The number of anilines is 1. The fraction of sp³-hybridized carbons (Fsp3) is 0.0909. The molecule has 2 rings (SSSR count). The maximum atomic E-state index is 5.45. The minimum Gasteiger partial charge on any atom is -0.487 e. The molecule has 0 fully saturated rings. The van der Waals surface area contributed by atoms with Gasteiger partial charge in [0.25, 0.3) is 0 Å². The van der Waals surface area contributed by atoms with E-state index in [2.05, 4.69) is 16.0 Å². The van der Waals surface area contributed by atoms with Gasteiger partial charge >= 0.3 is 0 Å². The SMILES string of the molecule is Nc1nccc(COc2[c]cccc2)n1. The van der Waals surface area contributed by atoms with Crippen LogP contribution in [-0.2, 0) is 6.61 Å². The third-order valence-electron chi connectivity index (χ3n) is 1.79. The topological polar surface area (TPSA) is 61.0 Å². The predicted octanol–water partition coefficient (Wildman–Crippen LogP) is 1.44. The van der Waals surface area contributed by atoms with Gasteiger partial charge in [-0.1, -0.05) is 18.2 Å². The van der Waals surface area contributed by atoms with E-state index in [4.69, 9.17) is 10.5 Å². The molecule has 1 aromatic carbocycles. The Hall–Kier alpha value is -2.10. The average Bonchev–Trinajstić information content (AvgIpc) is 2.28. The van der Waals surface area contributed by atoms with Gasteiger partial charge in [0.1, 0.15) is 12.4 Å². The summed E-state index contributed by atoms with van der Waals surface area (Å²) < 4.78 is 5.45. The molecule has 0 aliphatic rings. The highest BCUT2D eigenvalue weighted by molar-refractivity contribution is 5.21. The van der Waals surface area contributed by atoms with E-state index < -0.39 is 0 Å². The number of hydrogen-bond acceptors (Lipinski definition) is 4. The largest absolute Gasteiger partial charge is 0.487 e. The van der Waals surface area contributed by atoms with Crippen LogP contribution in [0.2, 0.25) is 0 Å². The summed E-state index contributed by atoms with van der Waals surface area (Å²) >= 11 is 0. The molecule has 0 spiro atoms. The lowest BCUT2D eigenvalue weighted by atomic mass is 10.3. The van der Waals surface area contributed by atoms with E-state index in [1.807, 2.05) is 18.2 Å². The van der Waals surface area contributed by atoms with E-state index >= 15 is 0 Å². The quantitative estimate of drug-likeness (QED) is 0.814. The van der Waals surface area contributed by atoms with Crippen molar-refractivity contribution in [2.24, 2.45) is 0 Å². The molecule has 1 aromatic heterocycles. The number of rotatable bonds is 3. The number of para-hydroxylation sites is 1. The minimum absolute atomic E-state index is 0.258. The Morgan fingerprint density at radius 3 is 3.00 bits per heavy atom. The lowest BCUT2D eigenvalue weighted by Crippen LogP contribution is -2.02. The standard InChI is InChI=1S/C11H10N3O/c12-11-13-7-6-9(14-11)8-15-10-4-2-1-3-5-10/h1-4,6-7H,8H2,(H2,12,13,14). The third-order valence-corrected chi connectivity index (χ3v) is 1.79. The minimum atomic E-state index is 0.258. The van der Waals surface area contributed by atoms with Gasteiger partial charge in [0.15, 0.2) is 0 Å². The summed E-state index contributed by atoms with van der Waals surface area (Å²) in [5.41, 5.74) is 6.19. The van der Waals surface area contributed by atoms with Gasteiger partial charge < -0.3 is 10.5 Å². The molecule has 75 valence electrons. The Morgan fingerprint density at radius 2 is 2.27 bits per heavy atom. The first-order chi connectivity index (χ1) is 7.34. The molecule has 0 bridgehead atoms. The number of aromatic nitrogens is 2. The maximum Gasteiger partial charge on any atom is 0.220 e. The average molecular weight is 200 g/mol. The predicted molar refractivity (Wildman–Crippen MR) is 56.1 cm³/mol. The molecule has 0 amide bonds. The first-order valence-electron chi connectivity index (χ1n) is 4.51. The lowest BCUT2D eigenvalue weighted by Gasteiger charge is -2.04. The summed E-state index contributed by atoms with van der Waals surface area (Å²) in [6.07, 6.45) is 1.61.